The van der Waals surface area contributed by atoms with Crippen molar-refractivity contribution in [1.82, 2.24) is 19.1 Å². The highest BCUT2D eigenvalue weighted by Crippen LogP contribution is 2.32. The Balaban J connectivity index is 1.72. The van der Waals surface area contributed by atoms with Crippen molar-refractivity contribution in [3.8, 4) is 6.07 Å². The molecular weight excluding hydrogens is 414 g/mol. The number of piperidine rings is 1. The number of nitrogens with two attached hydrogens (primary N) is 1. The lowest BCUT2D eigenvalue weighted by molar-refractivity contribution is 0.498. The number of anilines is 1. The quantitative estimate of drug-likeness (QED) is 0.512. The number of aromatic nitrogens is 4. The van der Waals surface area contributed by atoms with Crippen LogP contribution in [-0.4, -0.2) is 38.2 Å². The summed E-state index contributed by atoms with van der Waals surface area (Å²) in [6.07, 6.45) is 5.11. The molecule has 8 nitrogen and oxygen atoms in total. The van der Waals surface area contributed by atoms with Crippen LogP contribution in [0.3, 0.4) is 0 Å². The zero-order valence-electron chi connectivity index (χ0n) is 18.3. The lowest BCUT2D eigenvalue weighted by atomic mass is 10.1. The minimum Gasteiger partial charge on any atom is -0.355 e. The average Bonchev–Trinajstić information content (AvgIpc) is 3.16. The first-order chi connectivity index (χ1) is 16.2. The van der Waals surface area contributed by atoms with Crippen LogP contribution in [-0.2, 0) is 13.1 Å². The van der Waals surface area contributed by atoms with Gasteiger partial charge in [0.05, 0.1) is 18.6 Å². The molecule has 0 spiro atoms. The van der Waals surface area contributed by atoms with Crippen LogP contribution < -0.4 is 16.2 Å². The van der Waals surface area contributed by atoms with Gasteiger partial charge in [0.15, 0.2) is 0 Å². The summed E-state index contributed by atoms with van der Waals surface area (Å²) in [4.78, 5) is 24.7. The molecular formula is C25H25N7O. The Hall–Kier alpha value is -3.96. The summed E-state index contributed by atoms with van der Waals surface area (Å²) < 4.78 is 3.50. The van der Waals surface area contributed by atoms with Crippen LogP contribution in [0.25, 0.3) is 11.0 Å². The molecule has 3 aromatic heterocycles. The van der Waals surface area contributed by atoms with Gasteiger partial charge in [-0.1, -0.05) is 36.4 Å². The maximum atomic E-state index is 13.7. The van der Waals surface area contributed by atoms with E-state index in [1.54, 1.807) is 10.8 Å². The lowest BCUT2D eigenvalue weighted by Crippen LogP contribution is -2.44. The third-order valence-electron chi connectivity index (χ3n) is 6.11. The highest BCUT2D eigenvalue weighted by molar-refractivity contribution is 5.89. The van der Waals surface area contributed by atoms with Crippen LogP contribution in [0.15, 0.2) is 65.8 Å². The maximum absolute atomic E-state index is 13.7. The summed E-state index contributed by atoms with van der Waals surface area (Å²) in [5, 5.41) is 10.1. The second kappa shape index (κ2) is 8.88. The summed E-state index contributed by atoms with van der Waals surface area (Å²) in [6.45, 7) is 2.20. The number of pyridine rings is 1. The van der Waals surface area contributed by atoms with Gasteiger partial charge in [0.1, 0.15) is 28.5 Å². The SMILES string of the molecule is N#Cc1c(N2CCC[C@H](N)C2)n(Cc2ccccc2)c2c(=O)n(Cc3ccccn3)cnc12. The van der Waals surface area contributed by atoms with Crippen molar-refractivity contribution in [3.63, 3.8) is 0 Å². The zero-order chi connectivity index (χ0) is 22.8. The van der Waals surface area contributed by atoms with Crippen molar-refractivity contribution in [1.29, 1.82) is 5.26 Å². The normalized spacial score (nSPS) is 16.1. The molecule has 0 unspecified atom stereocenters. The molecule has 5 rings (SSSR count). The van der Waals surface area contributed by atoms with Crippen molar-refractivity contribution < 1.29 is 0 Å². The fraction of sp³-hybridized carbons (Fsp3) is 0.280. The van der Waals surface area contributed by atoms with Crippen LogP contribution in [0.5, 0.6) is 0 Å². The Morgan fingerprint density at radius 2 is 1.91 bits per heavy atom. The summed E-state index contributed by atoms with van der Waals surface area (Å²) in [5.74, 6) is 0.728. The molecule has 2 N–H and O–H groups in total. The number of nitrogens with zero attached hydrogens (tertiary/aromatic N) is 6. The average molecular weight is 440 g/mol. The fourth-order valence-corrected chi connectivity index (χ4v) is 4.58. The topological polar surface area (TPSA) is 106 Å². The van der Waals surface area contributed by atoms with Gasteiger partial charge >= 0.3 is 0 Å². The molecule has 4 aromatic rings. The third kappa shape index (κ3) is 3.99. The molecule has 1 fully saturated rings. The van der Waals surface area contributed by atoms with Crippen molar-refractivity contribution in [2.75, 3.05) is 18.0 Å². The number of rotatable bonds is 5. The number of nitriles is 1. The van der Waals surface area contributed by atoms with Crippen LogP contribution >= 0.6 is 0 Å². The monoisotopic (exact) mass is 439 g/mol. The van der Waals surface area contributed by atoms with E-state index in [9.17, 15) is 10.1 Å². The summed E-state index contributed by atoms with van der Waals surface area (Å²) in [6, 6.07) is 17.9. The second-order valence-corrected chi connectivity index (χ2v) is 8.43. The highest BCUT2D eigenvalue weighted by atomic mass is 16.1. The van der Waals surface area contributed by atoms with Crippen molar-refractivity contribution in [3.05, 3.63) is 88.2 Å². The molecule has 0 saturated carbocycles. The van der Waals surface area contributed by atoms with Crippen LogP contribution in [0.4, 0.5) is 5.82 Å². The molecule has 0 amide bonds. The Morgan fingerprint density at radius 3 is 2.64 bits per heavy atom. The molecule has 1 aliphatic heterocycles. The van der Waals surface area contributed by atoms with Gasteiger partial charge in [0.2, 0.25) is 0 Å². The smallest absolute Gasteiger partial charge is 0.278 e. The van der Waals surface area contributed by atoms with Gasteiger partial charge in [-0.2, -0.15) is 5.26 Å². The fourth-order valence-electron chi connectivity index (χ4n) is 4.58. The molecule has 33 heavy (non-hydrogen) atoms. The Kier molecular flexibility index (Phi) is 5.63. The molecule has 166 valence electrons. The van der Waals surface area contributed by atoms with E-state index in [0.717, 1.165) is 36.5 Å². The van der Waals surface area contributed by atoms with E-state index in [0.29, 0.717) is 36.2 Å². The molecule has 0 radical (unpaired) electrons. The van der Waals surface area contributed by atoms with Gasteiger partial charge in [0, 0.05) is 31.9 Å². The van der Waals surface area contributed by atoms with Gasteiger partial charge in [-0.3, -0.25) is 14.3 Å². The van der Waals surface area contributed by atoms with E-state index in [4.69, 9.17) is 5.73 Å². The lowest BCUT2D eigenvalue weighted by Gasteiger charge is -2.33. The molecule has 1 aromatic carbocycles. The first-order valence-corrected chi connectivity index (χ1v) is 11.1. The number of hydrogen-bond acceptors (Lipinski definition) is 6. The minimum absolute atomic E-state index is 0.0299. The van der Waals surface area contributed by atoms with Crippen molar-refractivity contribution in [2.24, 2.45) is 5.73 Å². The van der Waals surface area contributed by atoms with E-state index in [1.165, 1.54) is 6.33 Å². The maximum Gasteiger partial charge on any atom is 0.278 e. The van der Waals surface area contributed by atoms with E-state index in [2.05, 4.69) is 20.9 Å². The predicted molar refractivity (Wildman–Crippen MR) is 127 cm³/mol. The molecule has 0 bridgehead atoms. The summed E-state index contributed by atoms with van der Waals surface area (Å²) >= 11 is 0. The summed E-state index contributed by atoms with van der Waals surface area (Å²) in [5.41, 5.74) is 9.19. The number of benzene rings is 1. The van der Waals surface area contributed by atoms with Gasteiger partial charge < -0.3 is 15.2 Å². The van der Waals surface area contributed by atoms with Gasteiger partial charge in [-0.05, 0) is 30.5 Å². The zero-order valence-corrected chi connectivity index (χ0v) is 18.3. The summed E-state index contributed by atoms with van der Waals surface area (Å²) in [7, 11) is 0. The van der Waals surface area contributed by atoms with Crippen molar-refractivity contribution >= 4 is 16.9 Å². The Morgan fingerprint density at radius 1 is 1.09 bits per heavy atom. The molecule has 4 heterocycles. The third-order valence-corrected chi connectivity index (χ3v) is 6.11. The number of fused-ring (bicyclic) bond motifs is 1. The first kappa shape index (κ1) is 20.9. The van der Waals surface area contributed by atoms with Crippen LogP contribution in [0.1, 0.15) is 29.7 Å². The Bertz CT molecular complexity index is 1370. The Labute approximate surface area is 191 Å². The van der Waals surface area contributed by atoms with Crippen LogP contribution in [0, 0.1) is 11.3 Å². The number of hydrogen-bond donors (Lipinski definition) is 1. The molecule has 8 heteroatoms. The molecule has 1 atom stereocenters. The van der Waals surface area contributed by atoms with Gasteiger partial charge in [0.25, 0.3) is 5.56 Å². The molecule has 1 saturated heterocycles. The van der Waals surface area contributed by atoms with Gasteiger partial charge in [-0.25, -0.2) is 4.98 Å². The molecule has 1 aliphatic rings. The minimum atomic E-state index is -0.189. The highest BCUT2D eigenvalue weighted by Gasteiger charge is 2.28. The standard InChI is InChI=1S/C25H25N7O/c26-13-21-22-23(25(33)31(17-29-22)16-20-10-4-5-11-28-20)32(14-18-7-2-1-3-8-18)24(21)30-12-6-9-19(27)15-30/h1-5,7-8,10-11,17,19H,6,9,12,14-16,27H2/t19-/m0/s1. The predicted octanol–water partition coefficient (Wildman–Crippen LogP) is 2.49. The van der Waals surface area contributed by atoms with Gasteiger partial charge in [-0.15, -0.1) is 0 Å². The first-order valence-electron chi connectivity index (χ1n) is 11.1. The van der Waals surface area contributed by atoms with E-state index < -0.39 is 0 Å². The van der Waals surface area contributed by atoms with E-state index in [-0.39, 0.29) is 11.6 Å². The van der Waals surface area contributed by atoms with Crippen molar-refractivity contribution in [2.45, 2.75) is 32.0 Å². The largest absolute Gasteiger partial charge is 0.355 e. The van der Waals surface area contributed by atoms with E-state index >= 15 is 0 Å². The second-order valence-electron chi connectivity index (χ2n) is 8.43. The molecule has 0 aliphatic carbocycles. The van der Waals surface area contributed by atoms with E-state index in [1.807, 2.05) is 53.1 Å². The van der Waals surface area contributed by atoms with Crippen LogP contribution in [0.2, 0.25) is 0 Å².